The van der Waals surface area contributed by atoms with Crippen LogP contribution in [-0.4, -0.2) is 41.5 Å². The lowest BCUT2D eigenvalue weighted by molar-refractivity contribution is -0.114. The minimum Gasteiger partial charge on any atom is -0.444 e. The minimum atomic E-state index is -4.21. The first kappa shape index (κ1) is 21.2. The van der Waals surface area contributed by atoms with E-state index in [9.17, 15) is 18.0 Å². The van der Waals surface area contributed by atoms with Crippen LogP contribution >= 0.6 is 11.6 Å². The van der Waals surface area contributed by atoms with Crippen LogP contribution in [0.1, 0.15) is 26.3 Å². The SMILES string of the molecule is C=CCOC(=O)N([C@@H](Cc1ccccc1)C(=O)Cl)S(=O)(=O)C(C)(C)C. The molecule has 138 valence electrons. The zero-order valence-electron chi connectivity index (χ0n) is 14.4. The normalized spacial score (nSPS) is 13.0. The fraction of sp³-hybridized carbons (Fsp3) is 0.412. The minimum absolute atomic E-state index is 0.0539. The van der Waals surface area contributed by atoms with E-state index in [1.54, 1.807) is 30.3 Å². The highest BCUT2D eigenvalue weighted by Crippen LogP contribution is 2.26. The molecule has 0 radical (unpaired) electrons. The average molecular weight is 388 g/mol. The first-order valence-electron chi connectivity index (χ1n) is 7.57. The second-order valence-corrected chi connectivity index (χ2v) is 9.23. The lowest BCUT2D eigenvalue weighted by atomic mass is 10.1. The summed E-state index contributed by atoms with van der Waals surface area (Å²) in [5.41, 5.74) is 0.659. The maximum atomic E-state index is 12.9. The van der Waals surface area contributed by atoms with E-state index in [1.165, 1.54) is 26.8 Å². The van der Waals surface area contributed by atoms with Gasteiger partial charge in [0.1, 0.15) is 12.6 Å². The molecule has 0 heterocycles. The third kappa shape index (κ3) is 5.31. The number of carbonyl (C=O) groups excluding carboxylic acids is 2. The Labute approximate surface area is 153 Å². The van der Waals surface area contributed by atoms with Gasteiger partial charge < -0.3 is 4.74 Å². The van der Waals surface area contributed by atoms with Crippen LogP contribution in [0.3, 0.4) is 0 Å². The molecule has 0 saturated carbocycles. The van der Waals surface area contributed by atoms with Crippen molar-refractivity contribution in [2.75, 3.05) is 6.61 Å². The molecule has 0 fully saturated rings. The Morgan fingerprint density at radius 1 is 1.28 bits per heavy atom. The summed E-state index contributed by atoms with van der Waals surface area (Å²) in [4.78, 5) is 24.4. The molecule has 0 aliphatic carbocycles. The molecule has 0 saturated heterocycles. The summed E-state index contributed by atoms with van der Waals surface area (Å²) in [6, 6.07) is 7.27. The Morgan fingerprint density at radius 3 is 2.28 bits per heavy atom. The van der Waals surface area contributed by atoms with Crippen LogP contribution in [0.25, 0.3) is 0 Å². The van der Waals surface area contributed by atoms with Gasteiger partial charge in [-0.15, -0.1) is 0 Å². The Morgan fingerprint density at radius 2 is 1.84 bits per heavy atom. The van der Waals surface area contributed by atoms with Crippen molar-refractivity contribution in [1.82, 2.24) is 4.31 Å². The van der Waals surface area contributed by atoms with E-state index in [0.717, 1.165) is 0 Å². The summed E-state index contributed by atoms with van der Waals surface area (Å²) in [6.07, 6.45) is 0.0839. The van der Waals surface area contributed by atoms with Crippen LogP contribution in [0.5, 0.6) is 0 Å². The summed E-state index contributed by atoms with van der Waals surface area (Å²) >= 11 is 5.65. The standard InChI is InChI=1S/C17H22ClNO5S/c1-5-11-24-16(21)19(25(22,23)17(2,3)4)14(15(18)20)12-13-9-7-6-8-10-13/h5-10,14H,1,11-12H2,2-4H3/t14-/m0/s1. The van der Waals surface area contributed by atoms with Crippen molar-refractivity contribution < 1.29 is 22.7 Å². The molecule has 0 aliphatic rings. The lowest BCUT2D eigenvalue weighted by Gasteiger charge is -2.33. The molecular weight excluding hydrogens is 366 g/mol. The fourth-order valence-electron chi connectivity index (χ4n) is 1.97. The van der Waals surface area contributed by atoms with Crippen LogP contribution in [0, 0.1) is 0 Å². The number of amides is 1. The van der Waals surface area contributed by atoms with Gasteiger partial charge in [0, 0.05) is 6.42 Å². The van der Waals surface area contributed by atoms with Crippen molar-refractivity contribution in [3.63, 3.8) is 0 Å². The van der Waals surface area contributed by atoms with E-state index in [-0.39, 0.29) is 13.0 Å². The topological polar surface area (TPSA) is 80.8 Å². The van der Waals surface area contributed by atoms with Crippen molar-refractivity contribution in [2.45, 2.75) is 38.0 Å². The number of carbonyl (C=O) groups is 2. The Balaban J connectivity index is 3.37. The molecule has 0 spiro atoms. The van der Waals surface area contributed by atoms with Gasteiger partial charge in [0.25, 0.3) is 0 Å². The quantitative estimate of drug-likeness (QED) is 0.530. The maximum Gasteiger partial charge on any atom is 0.424 e. The number of sulfonamides is 1. The highest BCUT2D eigenvalue weighted by molar-refractivity contribution is 7.91. The number of hydrogen-bond acceptors (Lipinski definition) is 5. The van der Waals surface area contributed by atoms with E-state index >= 15 is 0 Å². The maximum absolute atomic E-state index is 12.9. The number of hydrogen-bond donors (Lipinski definition) is 0. The molecule has 1 atom stereocenters. The van der Waals surface area contributed by atoms with Crippen molar-refractivity contribution in [2.24, 2.45) is 0 Å². The van der Waals surface area contributed by atoms with Gasteiger partial charge in [0.2, 0.25) is 15.3 Å². The van der Waals surface area contributed by atoms with E-state index in [2.05, 4.69) is 6.58 Å². The van der Waals surface area contributed by atoms with E-state index in [1.807, 2.05) is 0 Å². The Hall–Kier alpha value is -1.86. The Bertz CT molecular complexity index is 725. The number of rotatable bonds is 7. The van der Waals surface area contributed by atoms with Gasteiger partial charge in [0.15, 0.2) is 0 Å². The van der Waals surface area contributed by atoms with Crippen LogP contribution in [0.2, 0.25) is 0 Å². The number of ether oxygens (including phenoxy) is 1. The molecule has 0 N–H and O–H groups in total. The molecule has 1 aromatic carbocycles. The van der Waals surface area contributed by atoms with Crippen molar-refractivity contribution in [1.29, 1.82) is 0 Å². The summed E-state index contributed by atoms with van der Waals surface area (Å²) in [6.45, 7) is 7.50. The molecular formula is C17H22ClNO5S. The second kappa shape index (κ2) is 8.49. The number of halogens is 1. The smallest absolute Gasteiger partial charge is 0.424 e. The van der Waals surface area contributed by atoms with Gasteiger partial charge in [-0.3, -0.25) is 4.79 Å². The average Bonchev–Trinajstić information content (AvgIpc) is 2.51. The monoisotopic (exact) mass is 387 g/mol. The molecule has 0 aromatic heterocycles. The summed E-state index contributed by atoms with van der Waals surface area (Å²) < 4.78 is 29.8. The first-order chi connectivity index (χ1) is 11.5. The molecule has 1 aromatic rings. The summed E-state index contributed by atoms with van der Waals surface area (Å²) in [5.74, 6) is 0. The molecule has 0 aliphatic heterocycles. The molecule has 0 bridgehead atoms. The van der Waals surface area contributed by atoms with Gasteiger partial charge in [-0.25, -0.2) is 13.2 Å². The van der Waals surface area contributed by atoms with Crippen molar-refractivity contribution in [3.8, 4) is 0 Å². The van der Waals surface area contributed by atoms with Gasteiger partial charge in [-0.2, -0.15) is 4.31 Å². The van der Waals surface area contributed by atoms with Gasteiger partial charge in [-0.05, 0) is 37.9 Å². The second-order valence-electron chi connectivity index (χ2n) is 6.29. The van der Waals surface area contributed by atoms with E-state index in [4.69, 9.17) is 16.3 Å². The molecule has 25 heavy (non-hydrogen) atoms. The van der Waals surface area contributed by atoms with Gasteiger partial charge in [-0.1, -0.05) is 43.0 Å². The molecule has 0 unspecified atom stereocenters. The largest absolute Gasteiger partial charge is 0.444 e. The van der Waals surface area contributed by atoms with Crippen LogP contribution in [-0.2, 0) is 26.0 Å². The first-order valence-corrected chi connectivity index (χ1v) is 9.39. The van der Waals surface area contributed by atoms with E-state index in [0.29, 0.717) is 9.87 Å². The molecule has 6 nitrogen and oxygen atoms in total. The fourth-order valence-corrected chi connectivity index (χ4v) is 3.55. The predicted octanol–water partition coefficient (Wildman–Crippen LogP) is 3.12. The lowest BCUT2D eigenvalue weighted by Crippen LogP contribution is -2.54. The zero-order chi connectivity index (χ0) is 19.3. The van der Waals surface area contributed by atoms with Crippen molar-refractivity contribution >= 4 is 33.0 Å². The molecule has 1 amide bonds. The molecule has 8 heteroatoms. The van der Waals surface area contributed by atoms with Gasteiger partial charge >= 0.3 is 6.09 Å². The van der Waals surface area contributed by atoms with E-state index < -0.39 is 32.1 Å². The Kier molecular flexibility index (Phi) is 7.19. The van der Waals surface area contributed by atoms with Crippen LogP contribution in [0.4, 0.5) is 4.79 Å². The molecule has 1 rings (SSSR count). The zero-order valence-corrected chi connectivity index (χ0v) is 16.0. The number of nitrogens with zero attached hydrogens (tertiary/aromatic N) is 1. The van der Waals surface area contributed by atoms with Gasteiger partial charge in [0.05, 0.1) is 4.75 Å². The van der Waals surface area contributed by atoms with Crippen molar-refractivity contribution in [3.05, 3.63) is 48.6 Å². The van der Waals surface area contributed by atoms with Crippen LogP contribution in [0.15, 0.2) is 43.0 Å². The van der Waals surface area contributed by atoms with Crippen LogP contribution < -0.4 is 0 Å². The summed E-state index contributed by atoms with van der Waals surface area (Å²) in [5, 5.41) is -0.966. The third-order valence-corrected chi connectivity index (χ3v) is 6.08. The number of benzene rings is 1. The third-order valence-electron chi connectivity index (χ3n) is 3.35. The highest BCUT2D eigenvalue weighted by Gasteiger charge is 2.45. The summed E-state index contributed by atoms with van der Waals surface area (Å²) in [7, 11) is -4.21. The predicted molar refractivity (Wildman–Crippen MR) is 96.9 cm³/mol. The highest BCUT2D eigenvalue weighted by atomic mass is 35.5.